The van der Waals surface area contributed by atoms with Gasteiger partial charge < -0.3 is 10.5 Å². The van der Waals surface area contributed by atoms with Gasteiger partial charge in [0.1, 0.15) is 5.75 Å². The number of anilines is 1. The molecule has 1 aromatic carbocycles. The first-order valence-corrected chi connectivity index (χ1v) is 7.23. The number of hydrogen-bond donors (Lipinski definition) is 2. The van der Waals surface area contributed by atoms with Gasteiger partial charge in [0.25, 0.3) is 5.91 Å². The zero-order valence-electron chi connectivity index (χ0n) is 11.4. The van der Waals surface area contributed by atoms with E-state index in [4.69, 9.17) is 10.5 Å². The van der Waals surface area contributed by atoms with Gasteiger partial charge >= 0.3 is 0 Å². The Morgan fingerprint density at radius 1 is 1.45 bits per heavy atom. The molecule has 3 N–H and O–H groups in total. The normalized spacial score (nSPS) is 11.9. The summed E-state index contributed by atoms with van der Waals surface area (Å²) in [7, 11) is 0. The van der Waals surface area contributed by atoms with Gasteiger partial charge in [0.15, 0.2) is 5.13 Å². The third kappa shape index (κ3) is 3.55. The van der Waals surface area contributed by atoms with Gasteiger partial charge in [-0.05, 0) is 38.1 Å². The predicted molar refractivity (Wildman–Crippen MR) is 80.3 cm³/mol. The molecule has 5 nitrogen and oxygen atoms in total. The maximum absolute atomic E-state index is 12.0. The van der Waals surface area contributed by atoms with E-state index in [1.165, 1.54) is 11.3 Å². The standard InChI is InChI=1S/C14H17N3O2S/c1-3-19-11-6-4-10(5-7-11)13(18)17-14-16-12(8-20-14)9(2)15/h4-9H,3,15H2,1-2H3,(H,16,17,18). The number of amides is 1. The quantitative estimate of drug-likeness (QED) is 0.888. The van der Waals surface area contributed by atoms with Crippen molar-refractivity contribution in [2.45, 2.75) is 19.9 Å². The largest absolute Gasteiger partial charge is 0.494 e. The highest BCUT2D eigenvalue weighted by Crippen LogP contribution is 2.20. The van der Waals surface area contributed by atoms with Crippen LogP contribution in [0.4, 0.5) is 5.13 Å². The molecular weight excluding hydrogens is 274 g/mol. The van der Waals surface area contributed by atoms with E-state index in [1.807, 2.05) is 19.2 Å². The lowest BCUT2D eigenvalue weighted by atomic mass is 10.2. The van der Waals surface area contributed by atoms with Gasteiger partial charge in [-0.2, -0.15) is 0 Å². The van der Waals surface area contributed by atoms with Crippen molar-refractivity contribution in [3.63, 3.8) is 0 Å². The molecule has 106 valence electrons. The second-order valence-electron chi connectivity index (χ2n) is 4.28. The molecule has 6 heteroatoms. The summed E-state index contributed by atoms with van der Waals surface area (Å²) in [6, 6.07) is 6.85. The van der Waals surface area contributed by atoms with Gasteiger partial charge in [0, 0.05) is 17.0 Å². The van der Waals surface area contributed by atoms with Crippen LogP contribution in [0.15, 0.2) is 29.6 Å². The first kappa shape index (κ1) is 14.5. The van der Waals surface area contributed by atoms with Crippen molar-refractivity contribution in [2.75, 3.05) is 11.9 Å². The van der Waals surface area contributed by atoms with E-state index in [-0.39, 0.29) is 11.9 Å². The van der Waals surface area contributed by atoms with Crippen molar-refractivity contribution in [2.24, 2.45) is 5.73 Å². The fourth-order valence-corrected chi connectivity index (χ4v) is 2.40. The van der Waals surface area contributed by atoms with Gasteiger partial charge in [0.2, 0.25) is 0 Å². The van der Waals surface area contributed by atoms with Crippen LogP contribution in [-0.2, 0) is 0 Å². The second-order valence-corrected chi connectivity index (χ2v) is 5.14. The first-order valence-electron chi connectivity index (χ1n) is 6.35. The fraction of sp³-hybridized carbons (Fsp3) is 0.286. The Hall–Kier alpha value is -1.92. The monoisotopic (exact) mass is 291 g/mol. The minimum absolute atomic E-state index is 0.137. The highest BCUT2D eigenvalue weighted by molar-refractivity contribution is 7.14. The van der Waals surface area contributed by atoms with Crippen LogP contribution in [0.2, 0.25) is 0 Å². The van der Waals surface area contributed by atoms with Crippen LogP contribution in [0.5, 0.6) is 5.75 Å². The summed E-state index contributed by atoms with van der Waals surface area (Å²) in [5.74, 6) is 0.552. The Kier molecular flexibility index (Phi) is 4.70. The predicted octanol–water partition coefficient (Wildman–Crippen LogP) is 2.81. The van der Waals surface area contributed by atoms with Crippen LogP contribution in [0.3, 0.4) is 0 Å². The van der Waals surface area contributed by atoms with E-state index in [9.17, 15) is 4.79 Å². The molecule has 0 spiro atoms. The van der Waals surface area contributed by atoms with Crippen LogP contribution < -0.4 is 15.8 Å². The molecule has 2 rings (SSSR count). The van der Waals surface area contributed by atoms with Crippen molar-refractivity contribution < 1.29 is 9.53 Å². The second kappa shape index (κ2) is 6.49. The van der Waals surface area contributed by atoms with Crippen LogP contribution >= 0.6 is 11.3 Å². The number of aromatic nitrogens is 1. The minimum atomic E-state index is -0.196. The Morgan fingerprint density at radius 2 is 2.15 bits per heavy atom. The Morgan fingerprint density at radius 3 is 2.70 bits per heavy atom. The molecule has 0 radical (unpaired) electrons. The van der Waals surface area contributed by atoms with Crippen LogP contribution in [-0.4, -0.2) is 17.5 Å². The summed E-state index contributed by atoms with van der Waals surface area (Å²) in [4.78, 5) is 16.3. The molecule has 0 bridgehead atoms. The first-order chi connectivity index (χ1) is 9.60. The van der Waals surface area contributed by atoms with E-state index in [0.29, 0.717) is 17.3 Å². The van der Waals surface area contributed by atoms with Crippen molar-refractivity contribution in [1.82, 2.24) is 4.98 Å². The number of nitrogens with two attached hydrogens (primary N) is 1. The molecule has 0 saturated carbocycles. The number of nitrogens with zero attached hydrogens (tertiary/aromatic N) is 1. The Labute approximate surface area is 121 Å². The lowest BCUT2D eigenvalue weighted by Crippen LogP contribution is -2.12. The molecule has 0 fully saturated rings. The van der Waals surface area contributed by atoms with E-state index in [0.717, 1.165) is 11.4 Å². The smallest absolute Gasteiger partial charge is 0.257 e. The van der Waals surface area contributed by atoms with Crippen LogP contribution in [0, 0.1) is 0 Å². The molecule has 0 saturated heterocycles. The van der Waals surface area contributed by atoms with Gasteiger partial charge in [0.05, 0.1) is 12.3 Å². The topological polar surface area (TPSA) is 77.2 Å². The molecule has 0 aliphatic heterocycles. The molecule has 1 heterocycles. The van der Waals surface area contributed by atoms with Crippen LogP contribution in [0.25, 0.3) is 0 Å². The zero-order chi connectivity index (χ0) is 14.5. The number of nitrogens with one attached hydrogen (secondary N) is 1. The molecule has 2 aromatic rings. The number of rotatable bonds is 5. The summed E-state index contributed by atoms with van der Waals surface area (Å²) in [6.07, 6.45) is 0. The van der Waals surface area contributed by atoms with Crippen molar-refractivity contribution >= 4 is 22.4 Å². The van der Waals surface area contributed by atoms with E-state index >= 15 is 0 Å². The Bertz CT molecular complexity index is 578. The maximum atomic E-state index is 12.0. The molecular formula is C14H17N3O2S. The number of thiazole rings is 1. The third-order valence-electron chi connectivity index (χ3n) is 2.64. The van der Waals surface area contributed by atoms with E-state index in [1.54, 1.807) is 24.3 Å². The summed E-state index contributed by atoms with van der Waals surface area (Å²) in [6.45, 7) is 4.37. The average molecular weight is 291 g/mol. The summed E-state index contributed by atoms with van der Waals surface area (Å²) in [5, 5.41) is 5.15. The number of hydrogen-bond acceptors (Lipinski definition) is 5. The number of benzene rings is 1. The van der Waals surface area contributed by atoms with Crippen molar-refractivity contribution in [3.8, 4) is 5.75 Å². The van der Waals surface area contributed by atoms with Gasteiger partial charge in [-0.25, -0.2) is 4.98 Å². The lowest BCUT2D eigenvalue weighted by molar-refractivity contribution is 0.102. The molecule has 1 atom stereocenters. The van der Waals surface area contributed by atoms with Crippen LogP contribution in [0.1, 0.15) is 35.9 Å². The molecule has 0 aliphatic rings. The molecule has 20 heavy (non-hydrogen) atoms. The summed E-state index contributed by atoms with van der Waals surface area (Å²) in [5.41, 5.74) is 7.07. The SMILES string of the molecule is CCOc1ccc(C(=O)Nc2nc(C(C)N)cs2)cc1. The van der Waals surface area contributed by atoms with E-state index < -0.39 is 0 Å². The molecule has 0 aliphatic carbocycles. The summed E-state index contributed by atoms with van der Waals surface area (Å²) >= 11 is 1.36. The highest BCUT2D eigenvalue weighted by atomic mass is 32.1. The highest BCUT2D eigenvalue weighted by Gasteiger charge is 2.10. The van der Waals surface area contributed by atoms with Gasteiger partial charge in [-0.3, -0.25) is 10.1 Å². The van der Waals surface area contributed by atoms with Crippen molar-refractivity contribution in [3.05, 3.63) is 40.9 Å². The molecule has 1 unspecified atom stereocenters. The third-order valence-corrected chi connectivity index (χ3v) is 3.41. The Balaban J connectivity index is 2.03. The molecule has 1 aromatic heterocycles. The minimum Gasteiger partial charge on any atom is -0.494 e. The zero-order valence-corrected chi connectivity index (χ0v) is 12.2. The fourth-order valence-electron chi connectivity index (χ4n) is 1.59. The van der Waals surface area contributed by atoms with Gasteiger partial charge in [-0.15, -0.1) is 11.3 Å². The number of carbonyl (C=O) groups is 1. The number of carbonyl (C=O) groups excluding carboxylic acids is 1. The molecule has 1 amide bonds. The lowest BCUT2D eigenvalue weighted by Gasteiger charge is -2.05. The summed E-state index contributed by atoms with van der Waals surface area (Å²) < 4.78 is 5.33. The number of ether oxygens (including phenoxy) is 1. The van der Waals surface area contributed by atoms with Gasteiger partial charge in [-0.1, -0.05) is 0 Å². The average Bonchev–Trinajstić information content (AvgIpc) is 2.88. The maximum Gasteiger partial charge on any atom is 0.257 e. The van der Waals surface area contributed by atoms with E-state index in [2.05, 4.69) is 10.3 Å². The van der Waals surface area contributed by atoms with Crippen molar-refractivity contribution in [1.29, 1.82) is 0 Å².